The Morgan fingerprint density at radius 3 is 2.41 bits per heavy atom. The monoisotopic (exact) mass is 495 g/mol. The van der Waals surface area contributed by atoms with Crippen molar-refractivity contribution in [2.24, 2.45) is 0 Å². The second kappa shape index (κ2) is 9.76. The number of nitrogens with zero attached hydrogens (tertiary/aromatic N) is 2. The van der Waals surface area contributed by atoms with Gasteiger partial charge in [-0.05, 0) is 51.1 Å². The zero-order valence-corrected chi connectivity index (χ0v) is 19.2. The number of anilines is 1. The molecule has 180 valence electrons. The standard InChI is InChI=1S/C23H21ClF3N3O4/c1-22(2,3)34-21(32)14-7-6-8-15(11-14)28-19(31)13-33-20-12-18(23(25,26)27)29-30(20)17-10-5-4-9-16(17)24/h4-12H,13H2,1-3H3,(H,28,31). The highest BCUT2D eigenvalue weighted by atomic mass is 35.5. The summed E-state index contributed by atoms with van der Waals surface area (Å²) in [7, 11) is 0. The molecule has 0 atom stereocenters. The van der Waals surface area contributed by atoms with Gasteiger partial charge in [0, 0.05) is 11.8 Å². The van der Waals surface area contributed by atoms with Crippen LogP contribution in [0.25, 0.3) is 5.69 Å². The van der Waals surface area contributed by atoms with Crippen molar-refractivity contribution in [3.05, 3.63) is 70.9 Å². The van der Waals surface area contributed by atoms with Crippen LogP contribution in [0.15, 0.2) is 54.6 Å². The maximum absolute atomic E-state index is 13.2. The second-order valence-electron chi connectivity index (χ2n) is 8.15. The van der Waals surface area contributed by atoms with Crippen molar-refractivity contribution in [3.8, 4) is 11.6 Å². The Morgan fingerprint density at radius 1 is 1.06 bits per heavy atom. The molecular weight excluding hydrogens is 475 g/mol. The number of esters is 1. The van der Waals surface area contributed by atoms with Crippen LogP contribution in [0.3, 0.4) is 0 Å². The number of rotatable bonds is 6. The smallest absolute Gasteiger partial charge is 0.435 e. The van der Waals surface area contributed by atoms with E-state index >= 15 is 0 Å². The Morgan fingerprint density at radius 2 is 1.76 bits per heavy atom. The number of para-hydroxylation sites is 1. The molecule has 1 N–H and O–H groups in total. The molecule has 0 aliphatic carbocycles. The van der Waals surface area contributed by atoms with Crippen molar-refractivity contribution in [2.75, 3.05) is 11.9 Å². The number of nitrogens with one attached hydrogen (secondary N) is 1. The molecule has 0 unspecified atom stereocenters. The van der Waals surface area contributed by atoms with E-state index in [0.29, 0.717) is 6.07 Å². The van der Waals surface area contributed by atoms with E-state index in [4.69, 9.17) is 21.1 Å². The molecule has 3 rings (SSSR count). The van der Waals surface area contributed by atoms with Gasteiger partial charge in [0.15, 0.2) is 12.3 Å². The molecule has 0 spiro atoms. The molecule has 0 aliphatic heterocycles. The van der Waals surface area contributed by atoms with Crippen LogP contribution in [0.1, 0.15) is 36.8 Å². The van der Waals surface area contributed by atoms with Crippen LogP contribution < -0.4 is 10.1 Å². The van der Waals surface area contributed by atoms with Crippen molar-refractivity contribution in [1.82, 2.24) is 9.78 Å². The summed E-state index contributed by atoms with van der Waals surface area (Å²) in [5, 5.41) is 6.21. The minimum absolute atomic E-state index is 0.146. The van der Waals surface area contributed by atoms with Crippen LogP contribution >= 0.6 is 11.6 Å². The number of benzene rings is 2. The topological polar surface area (TPSA) is 82.4 Å². The Hall–Kier alpha value is -3.53. The predicted octanol–water partition coefficient (Wildman–Crippen LogP) is 5.52. The fraction of sp³-hybridized carbons (Fsp3) is 0.261. The first-order chi connectivity index (χ1) is 15.8. The van der Waals surface area contributed by atoms with Gasteiger partial charge < -0.3 is 14.8 Å². The number of ether oxygens (including phenoxy) is 2. The van der Waals surface area contributed by atoms with Crippen LogP contribution in [0.4, 0.5) is 18.9 Å². The Bertz CT molecular complexity index is 1200. The highest BCUT2D eigenvalue weighted by Crippen LogP contribution is 2.33. The minimum atomic E-state index is -4.73. The van der Waals surface area contributed by atoms with E-state index in [1.54, 1.807) is 45.0 Å². The van der Waals surface area contributed by atoms with Gasteiger partial charge in [0.25, 0.3) is 5.91 Å². The number of alkyl halides is 3. The van der Waals surface area contributed by atoms with E-state index in [1.165, 1.54) is 24.3 Å². The second-order valence-corrected chi connectivity index (χ2v) is 8.56. The van der Waals surface area contributed by atoms with Gasteiger partial charge in [-0.15, -0.1) is 0 Å². The highest BCUT2D eigenvalue weighted by Gasteiger charge is 2.36. The number of carbonyl (C=O) groups is 2. The maximum Gasteiger partial charge on any atom is 0.435 e. The van der Waals surface area contributed by atoms with E-state index < -0.39 is 36.0 Å². The Kier molecular flexibility index (Phi) is 7.21. The zero-order valence-electron chi connectivity index (χ0n) is 18.4. The van der Waals surface area contributed by atoms with Gasteiger partial charge in [0.2, 0.25) is 5.88 Å². The average Bonchev–Trinajstić information content (AvgIpc) is 3.16. The third-order valence-corrected chi connectivity index (χ3v) is 4.50. The summed E-state index contributed by atoms with van der Waals surface area (Å²) >= 11 is 6.09. The fourth-order valence-electron chi connectivity index (χ4n) is 2.80. The molecule has 0 fully saturated rings. The van der Waals surface area contributed by atoms with Gasteiger partial charge in [-0.25, -0.2) is 4.79 Å². The van der Waals surface area contributed by atoms with Crippen LogP contribution in [-0.4, -0.2) is 33.9 Å². The molecule has 0 saturated carbocycles. The molecule has 0 radical (unpaired) electrons. The summed E-state index contributed by atoms with van der Waals surface area (Å²) in [6.45, 7) is 4.56. The molecule has 1 aromatic heterocycles. The number of halogens is 4. The summed E-state index contributed by atoms with van der Waals surface area (Å²) in [5.41, 5.74) is -1.23. The number of aromatic nitrogens is 2. The Balaban J connectivity index is 1.74. The van der Waals surface area contributed by atoms with Crippen molar-refractivity contribution < 1.29 is 32.2 Å². The van der Waals surface area contributed by atoms with E-state index in [0.717, 1.165) is 4.68 Å². The summed E-state index contributed by atoms with van der Waals surface area (Å²) < 4.78 is 51.1. The number of hydrogen-bond donors (Lipinski definition) is 1. The van der Waals surface area contributed by atoms with Crippen LogP contribution in [0.5, 0.6) is 5.88 Å². The predicted molar refractivity (Wildman–Crippen MR) is 119 cm³/mol. The number of carbonyl (C=O) groups excluding carboxylic acids is 2. The minimum Gasteiger partial charge on any atom is -0.467 e. The number of amides is 1. The first kappa shape index (κ1) is 25.1. The quantitative estimate of drug-likeness (QED) is 0.455. The van der Waals surface area contributed by atoms with Crippen molar-refractivity contribution >= 4 is 29.2 Å². The summed E-state index contributed by atoms with van der Waals surface area (Å²) in [4.78, 5) is 24.6. The Labute approximate surface area is 198 Å². The summed E-state index contributed by atoms with van der Waals surface area (Å²) in [6.07, 6.45) is -4.73. The van der Waals surface area contributed by atoms with Gasteiger partial charge in [-0.2, -0.15) is 23.0 Å². The van der Waals surface area contributed by atoms with Gasteiger partial charge in [0.05, 0.1) is 16.3 Å². The van der Waals surface area contributed by atoms with Crippen molar-refractivity contribution in [2.45, 2.75) is 32.5 Å². The van der Waals surface area contributed by atoms with Crippen LogP contribution in [-0.2, 0) is 15.7 Å². The lowest BCUT2D eigenvalue weighted by atomic mass is 10.1. The first-order valence-electron chi connectivity index (χ1n) is 10.0. The van der Waals surface area contributed by atoms with E-state index in [1.807, 2.05) is 0 Å². The van der Waals surface area contributed by atoms with Gasteiger partial charge in [0.1, 0.15) is 5.60 Å². The lowest BCUT2D eigenvalue weighted by molar-refractivity contribution is -0.141. The molecule has 0 saturated heterocycles. The van der Waals surface area contributed by atoms with E-state index in [9.17, 15) is 22.8 Å². The average molecular weight is 496 g/mol. The molecule has 7 nitrogen and oxygen atoms in total. The third kappa shape index (κ3) is 6.50. The lowest BCUT2D eigenvalue weighted by Crippen LogP contribution is -2.24. The lowest BCUT2D eigenvalue weighted by Gasteiger charge is -2.19. The van der Waals surface area contributed by atoms with Crippen LogP contribution in [0.2, 0.25) is 5.02 Å². The molecule has 11 heteroatoms. The molecular formula is C23H21ClF3N3O4. The molecule has 1 amide bonds. The first-order valence-corrected chi connectivity index (χ1v) is 10.4. The molecule has 34 heavy (non-hydrogen) atoms. The summed E-state index contributed by atoms with van der Waals surface area (Å²) in [5.74, 6) is -1.55. The molecule has 2 aromatic carbocycles. The highest BCUT2D eigenvalue weighted by molar-refractivity contribution is 6.32. The van der Waals surface area contributed by atoms with E-state index in [-0.39, 0.29) is 27.8 Å². The van der Waals surface area contributed by atoms with Crippen molar-refractivity contribution in [3.63, 3.8) is 0 Å². The van der Waals surface area contributed by atoms with Gasteiger partial charge >= 0.3 is 12.1 Å². The van der Waals surface area contributed by atoms with Gasteiger partial charge in [-0.3, -0.25) is 4.79 Å². The molecule has 0 bridgehead atoms. The van der Waals surface area contributed by atoms with E-state index in [2.05, 4.69) is 10.4 Å². The normalized spacial score (nSPS) is 11.7. The molecule has 0 aliphatic rings. The third-order valence-electron chi connectivity index (χ3n) is 4.18. The SMILES string of the molecule is CC(C)(C)OC(=O)c1cccc(NC(=O)COc2cc(C(F)(F)F)nn2-c2ccccc2Cl)c1. The maximum atomic E-state index is 13.2. The van der Waals surface area contributed by atoms with Crippen LogP contribution in [0, 0.1) is 0 Å². The molecule has 1 heterocycles. The van der Waals surface area contributed by atoms with Crippen molar-refractivity contribution in [1.29, 1.82) is 0 Å². The van der Waals surface area contributed by atoms with Gasteiger partial charge in [-0.1, -0.05) is 29.8 Å². The fourth-order valence-corrected chi connectivity index (χ4v) is 3.01. The number of hydrogen-bond acceptors (Lipinski definition) is 5. The summed E-state index contributed by atoms with van der Waals surface area (Å²) in [6, 6.07) is 12.9. The molecule has 3 aromatic rings. The zero-order chi connectivity index (χ0) is 25.1. The largest absolute Gasteiger partial charge is 0.467 e.